The Balaban J connectivity index is 2.18. The van der Waals surface area contributed by atoms with Crippen LogP contribution >= 0.6 is 11.6 Å². The second-order valence-corrected chi connectivity index (χ2v) is 5.07. The van der Waals surface area contributed by atoms with Crippen LogP contribution in [0, 0.1) is 0 Å². The monoisotopic (exact) mass is 289 g/mol. The molecule has 2 aromatic carbocycles. The quantitative estimate of drug-likeness (QED) is 0.824. The molecule has 0 atom stereocenters. The van der Waals surface area contributed by atoms with E-state index in [0.717, 1.165) is 41.6 Å². The molecular formula is C17H20ClNO. The Hall–Kier alpha value is -1.51. The average molecular weight is 290 g/mol. The second-order valence-electron chi connectivity index (χ2n) is 4.63. The van der Waals surface area contributed by atoms with E-state index in [-0.39, 0.29) is 0 Å². The van der Waals surface area contributed by atoms with E-state index >= 15 is 0 Å². The number of halogens is 1. The zero-order chi connectivity index (χ0) is 14.4. The van der Waals surface area contributed by atoms with Crippen LogP contribution < -0.4 is 10.1 Å². The van der Waals surface area contributed by atoms with Crippen molar-refractivity contribution in [1.82, 2.24) is 5.32 Å². The molecule has 0 aromatic heterocycles. The highest BCUT2D eigenvalue weighted by molar-refractivity contribution is 6.30. The van der Waals surface area contributed by atoms with Crippen LogP contribution in [0.4, 0.5) is 0 Å². The first kappa shape index (κ1) is 14.9. The maximum Gasteiger partial charge on any atom is 0.132 e. The van der Waals surface area contributed by atoms with Crippen LogP contribution in [0.15, 0.2) is 42.5 Å². The van der Waals surface area contributed by atoms with E-state index < -0.39 is 0 Å². The van der Waals surface area contributed by atoms with Crippen molar-refractivity contribution in [3.05, 3.63) is 58.6 Å². The first-order valence-electron chi connectivity index (χ1n) is 6.99. The van der Waals surface area contributed by atoms with Gasteiger partial charge in [0.15, 0.2) is 0 Å². The van der Waals surface area contributed by atoms with Gasteiger partial charge in [-0.2, -0.15) is 0 Å². The first-order chi connectivity index (χ1) is 9.72. The van der Waals surface area contributed by atoms with E-state index in [1.54, 1.807) is 0 Å². The van der Waals surface area contributed by atoms with E-state index in [4.69, 9.17) is 16.3 Å². The number of benzene rings is 2. The molecule has 0 spiro atoms. The number of rotatable bonds is 6. The average Bonchev–Trinajstić information content (AvgIpc) is 2.48. The molecule has 0 radical (unpaired) electrons. The minimum atomic E-state index is 0.728. The van der Waals surface area contributed by atoms with E-state index in [2.05, 4.69) is 31.3 Å². The lowest BCUT2D eigenvalue weighted by molar-refractivity contribution is 0.473. The topological polar surface area (TPSA) is 21.3 Å². The van der Waals surface area contributed by atoms with Gasteiger partial charge in [-0.3, -0.25) is 0 Å². The largest absolute Gasteiger partial charge is 0.457 e. The molecule has 0 amide bonds. The lowest BCUT2D eigenvalue weighted by atomic mass is 10.1. The lowest BCUT2D eigenvalue weighted by Gasteiger charge is -2.12. The molecule has 0 heterocycles. The van der Waals surface area contributed by atoms with Crippen molar-refractivity contribution in [3.63, 3.8) is 0 Å². The molecular weight excluding hydrogens is 270 g/mol. The predicted molar refractivity (Wildman–Crippen MR) is 84.7 cm³/mol. The second kappa shape index (κ2) is 7.32. The van der Waals surface area contributed by atoms with Gasteiger partial charge in [-0.05, 0) is 48.9 Å². The predicted octanol–water partition coefficient (Wildman–Crippen LogP) is 4.80. The molecule has 0 saturated heterocycles. The van der Waals surface area contributed by atoms with Crippen LogP contribution in [0.25, 0.3) is 0 Å². The molecule has 0 saturated carbocycles. The molecule has 0 aliphatic heterocycles. The summed E-state index contributed by atoms with van der Waals surface area (Å²) >= 11 is 6.05. The molecule has 3 heteroatoms. The highest BCUT2D eigenvalue weighted by Gasteiger charge is 2.06. The lowest BCUT2D eigenvalue weighted by Crippen LogP contribution is -2.12. The third-order valence-electron chi connectivity index (χ3n) is 3.15. The van der Waals surface area contributed by atoms with E-state index in [1.165, 1.54) is 5.56 Å². The van der Waals surface area contributed by atoms with Crippen LogP contribution in [0.3, 0.4) is 0 Å². The van der Waals surface area contributed by atoms with Crippen molar-refractivity contribution in [3.8, 4) is 11.5 Å². The molecule has 0 unspecified atom stereocenters. The summed E-state index contributed by atoms with van der Waals surface area (Å²) < 4.78 is 5.96. The van der Waals surface area contributed by atoms with Gasteiger partial charge in [0.1, 0.15) is 11.5 Å². The van der Waals surface area contributed by atoms with E-state index in [1.807, 2.05) is 30.3 Å². The summed E-state index contributed by atoms with van der Waals surface area (Å²) in [6, 6.07) is 13.9. The van der Waals surface area contributed by atoms with Crippen LogP contribution in [-0.4, -0.2) is 6.54 Å². The van der Waals surface area contributed by atoms with Gasteiger partial charge in [0.25, 0.3) is 0 Å². The molecule has 1 N–H and O–H groups in total. The molecule has 20 heavy (non-hydrogen) atoms. The highest BCUT2D eigenvalue weighted by atomic mass is 35.5. The third-order valence-corrected chi connectivity index (χ3v) is 3.38. The fraction of sp³-hybridized carbons (Fsp3) is 0.294. The fourth-order valence-electron chi connectivity index (χ4n) is 1.97. The Labute approximate surface area is 125 Å². The summed E-state index contributed by atoms with van der Waals surface area (Å²) in [6.45, 7) is 5.88. The van der Waals surface area contributed by atoms with Gasteiger partial charge in [-0.15, -0.1) is 0 Å². The van der Waals surface area contributed by atoms with Gasteiger partial charge in [0.2, 0.25) is 0 Å². The summed E-state index contributed by atoms with van der Waals surface area (Å²) in [5, 5.41) is 4.03. The summed E-state index contributed by atoms with van der Waals surface area (Å²) in [5.74, 6) is 1.70. The minimum Gasteiger partial charge on any atom is -0.457 e. The van der Waals surface area contributed by atoms with Gasteiger partial charge < -0.3 is 10.1 Å². The highest BCUT2D eigenvalue weighted by Crippen LogP contribution is 2.28. The van der Waals surface area contributed by atoms with Crippen molar-refractivity contribution in [1.29, 1.82) is 0 Å². The fourth-order valence-corrected chi connectivity index (χ4v) is 2.16. The maximum atomic E-state index is 6.05. The van der Waals surface area contributed by atoms with E-state index in [0.29, 0.717) is 0 Å². The SMILES string of the molecule is CCNCc1cc(Cl)ccc1Oc1ccc(CC)cc1. The van der Waals surface area contributed by atoms with Crippen molar-refractivity contribution in [2.75, 3.05) is 6.54 Å². The van der Waals surface area contributed by atoms with Gasteiger partial charge in [-0.25, -0.2) is 0 Å². The maximum absolute atomic E-state index is 6.05. The van der Waals surface area contributed by atoms with Crippen LogP contribution in [0.2, 0.25) is 5.02 Å². The Kier molecular flexibility index (Phi) is 5.45. The number of nitrogens with one attached hydrogen (secondary N) is 1. The van der Waals surface area contributed by atoms with Crippen LogP contribution in [0.5, 0.6) is 11.5 Å². The Morgan fingerprint density at radius 2 is 1.80 bits per heavy atom. The molecule has 0 aliphatic rings. The number of aryl methyl sites for hydroxylation is 1. The van der Waals surface area contributed by atoms with Gasteiger partial charge in [0.05, 0.1) is 0 Å². The molecule has 0 fully saturated rings. The van der Waals surface area contributed by atoms with Crippen LogP contribution in [-0.2, 0) is 13.0 Å². The number of hydrogen-bond donors (Lipinski definition) is 1. The summed E-state index contributed by atoms with van der Waals surface area (Å²) in [4.78, 5) is 0. The van der Waals surface area contributed by atoms with Gasteiger partial charge in [0, 0.05) is 17.1 Å². The summed E-state index contributed by atoms with van der Waals surface area (Å²) in [7, 11) is 0. The molecule has 106 valence electrons. The smallest absolute Gasteiger partial charge is 0.132 e. The normalized spacial score (nSPS) is 10.6. The van der Waals surface area contributed by atoms with Crippen molar-refractivity contribution >= 4 is 11.6 Å². The third kappa shape index (κ3) is 3.99. The Bertz CT molecular complexity index is 551. The standard InChI is InChI=1S/C17H20ClNO/c1-3-13-5-8-16(9-6-13)20-17-10-7-15(18)11-14(17)12-19-4-2/h5-11,19H,3-4,12H2,1-2H3. The zero-order valence-corrected chi connectivity index (χ0v) is 12.7. The van der Waals surface area contributed by atoms with Crippen molar-refractivity contribution in [2.24, 2.45) is 0 Å². The number of ether oxygens (including phenoxy) is 1. The minimum absolute atomic E-state index is 0.728. The van der Waals surface area contributed by atoms with Crippen LogP contribution in [0.1, 0.15) is 25.0 Å². The van der Waals surface area contributed by atoms with Gasteiger partial charge >= 0.3 is 0 Å². The van der Waals surface area contributed by atoms with Gasteiger partial charge in [-0.1, -0.05) is 37.6 Å². The molecule has 0 bridgehead atoms. The summed E-state index contributed by atoms with van der Waals surface area (Å²) in [6.07, 6.45) is 1.03. The number of hydrogen-bond acceptors (Lipinski definition) is 2. The molecule has 2 rings (SSSR count). The molecule has 2 aromatic rings. The van der Waals surface area contributed by atoms with Crippen molar-refractivity contribution in [2.45, 2.75) is 26.8 Å². The first-order valence-corrected chi connectivity index (χ1v) is 7.36. The Morgan fingerprint density at radius 1 is 1.05 bits per heavy atom. The Morgan fingerprint density at radius 3 is 2.45 bits per heavy atom. The van der Waals surface area contributed by atoms with Crippen molar-refractivity contribution < 1.29 is 4.74 Å². The molecule has 2 nitrogen and oxygen atoms in total. The van der Waals surface area contributed by atoms with E-state index in [9.17, 15) is 0 Å². The zero-order valence-electron chi connectivity index (χ0n) is 11.9. The summed E-state index contributed by atoms with van der Waals surface area (Å²) in [5.41, 5.74) is 2.38. The molecule has 0 aliphatic carbocycles.